The van der Waals surface area contributed by atoms with E-state index >= 15 is 0 Å². The van der Waals surface area contributed by atoms with E-state index in [4.69, 9.17) is 5.73 Å². The number of nitrogens with zero attached hydrogens (tertiary/aromatic N) is 2. The van der Waals surface area contributed by atoms with Crippen molar-refractivity contribution in [2.45, 2.75) is 18.9 Å². The standard InChI is InChI=1S/C10H14BrN3/c11-9-4-1-5-13-10(9)14-6-2-3-8(14)7-12/h1,4-5,8H,2-3,6-7,12H2. The summed E-state index contributed by atoms with van der Waals surface area (Å²) in [5, 5.41) is 0. The number of anilines is 1. The largest absolute Gasteiger partial charge is 0.351 e. The number of hydrogen-bond acceptors (Lipinski definition) is 3. The van der Waals surface area contributed by atoms with Crippen LogP contribution in [0.1, 0.15) is 12.8 Å². The molecule has 1 unspecified atom stereocenters. The number of halogens is 1. The van der Waals surface area contributed by atoms with E-state index in [-0.39, 0.29) is 0 Å². The number of nitrogens with two attached hydrogens (primary N) is 1. The van der Waals surface area contributed by atoms with Gasteiger partial charge in [-0.05, 0) is 40.9 Å². The fraction of sp³-hybridized carbons (Fsp3) is 0.500. The third-order valence-electron chi connectivity index (χ3n) is 2.66. The Balaban J connectivity index is 2.26. The van der Waals surface area contributed by atoms with Crippen LogP contribution in [0, 0.1) is 0 Å². The fourth-order valence-corrected chi connectivity index (χ4v) is 2.43. The lowest BCUT2D eigenvalue weighted by molar-refractivity contribution is 0.670. The van der Waals surface area contributed by atoms with Crippen LogP contribution in [0.15, 0.2) is 22.8 Å². The van der Waals surface area contributed by atoms with Crippen molar-refractivity contribution >= 4 is 21.7 Å². The molecule has 0 radical (unpaired) electrons. The van der Waals surface area contributed by atoms with Gasteiger partial charge in [0, 0.05) is 25.3 Å². The molecule has 1 fully saturated rings. The molecule has 14 heavy (non-hydrogen) atoms. The van der Waals surface area contributed by atoms with Gasteiger partial charge in [0.05, 0.1) is 4.47 Å². The smallest absolute Gasteiger partial charge is 0.143 e. The van der Waals surface area contributed by atoms with Gasteiger partial charge in [-0.15, -0.1) is 0 Å². The maximum absolute atomic E-state index is 5.73. The molecule has 0 aliphatic carbocycles. The van der Waals surface area contributed by atoms with Gasteiger partial charge in [-0.3, -0.25) is 0 Å². The van der Waals surface area contributed by atoms with Crippen molar-refractivity contribution in [2.24, 2.45) is 5.73 Å². The fourth-order valence-electron chi connectivity index (χ4n) is 1.95. The summed E-state index contributed by atoms with van der Waals surface area (Å²) in [5.41, 5.74) is 5.73. The van der Waals surface area contributed by atoms with Crippen LogP contribution < -0.4 is 10.6 Å². The Bertz CT molecular complexity index is 316. The lowest BCUT2D eigenvalue weighted by Gasteiger charge is -2.25. The number of aromatic nitrogens is 1. The minimum atomic E-state index is 0.459. The second-order valence-electron chi connectivity index (χ2n) is 3.53. The maximum atomic E-state index is 5.73. The van der Waals surface area contributed by atoms with E-state index < -0.39 is 0 Å². The van der Waals surface area contributed by atoms with Crippen LogP contribution in [0.25, 0.3) is 0 Å². The highest BCUT2D eigenvalue weighted by molar-refractivity contribution is 9.10. The molecule has 4 heteroatoms. The van der Waals surface area contributed by atoms with E-state index in [2.05, 4.69) is 25.8 Å². The summed E-state index contributed by atoms with van der Waals surface area (Å²) in [4.78, 5) is 6.68. The Labute approximate surface area is 92.4 Å². The quantitative estimate of drug-likeness (QED) is 0.876. The predicted octanol–water partition coefficient (Wildman–Crippen LogP) is 1.77. The van der Waals surface area contributed by atoms with Gasteiger partial charge in [-0.25, -0.2) is 4.98 Å². The van der Waals surface area contributed by atoms with Crippen molar-refractivity contribution < 1.29 is 0 Å². The molecular weight excluding hydrogens is 242 g/mol. The van der Waals surface area contributed by atoms with Gasteiger partial charge >= 0.3 is 0 Å². The average Bonchev–Trinajstić information content (AvgIpc) is 2.66. The Morgan fingerprint density at radius 2 is 2.50 bits per heavy atom. The first-order valence-electron chi connectivity index (χ1n) is 4.90. The highest BCUT2D eigenvalue weighted by Gasteiger charge is 2.25. The van der Waals surface area contributed by atoms with Gasteiger partial charge in [-0.2, -0.15) is 0 Å². The maximum Gasteiger partial charge on any atom is 0.143 e. The molecule has 2 N–H and O–H groups in total. The van der Waals surface area contributed by atoms with E-state index in [0.717, 1.165) is 16.8 Å². The van der Waals surface area contributed by atoms with E-state index in [1.54, 1.807) is 0 Å². The van der Waals surface area contributed by atoms with Gasteiger partial charge in [-0.1, -0.05) is 0 Å². The van der Waals surface area contributed by atoms with E-state index in [1.165, 1.54) is 12.8 Å². The third-order valence-corrected chi connectivity index (χ3v) is 3.28. The van der Waals surface area contributed by atoms with Crippen LogP contribution in [-0.2, 0) is 0 Å². The SMILES string of the molecule is NCC1CCCN1c1ncccc1Br. The normalized spacial score (nSPS) is 21.6. The molecular formula is C10H14BrN3. The molecule has 1 aliphatic heterocycles. The number of rotatable bonds is 2. The second kappa shape index (κ2) is 4.28. The highest BCUT2D eigenvalue weighted by atomic mass is 79.9. The number of hydrogen-bond donors (Lipinski definition) is 1. The van der Waals surface area contributed by atoms with E-state index in [9.17, 15) is 0 Å². The van der Waals surface area contributed by atoms with Crippen molar-refractivity contribution in [1.82, 2.24) is 4.98 Å². The summed E-state index contributed by atoms with van der Waals surface area (Å²) in [5.74, 6) is 1.03. The number of pyridine rings is 1. The summed E-state index contributed by atoms with van der Waals surface area (Å²) >= 11 is 3.52. The van der Waals surface area contributed by atoms with Crippen LogP contribution in [0.5, 0.6) is 0 Å². The van der Waals surface area contributed by atoms with Gasteiger partial charge in [0.2, 0.25) is 0 Å². The minimum absolute atomic E-state index is 0.459. The topological polar surface area (TPSA) is 42.1 Å². The lowest BCUT2D eigenvalue weighted by Crippen LogP contribution is -2.36. The minimum Gasteiger partial charge on any atom is -0.351 e. The van der Waals surface area contributed by atoms with Gasteiger partial charge in [0.15, 0.2) is 0 Å². The van der Waals surface area contributed by atoms with Crippen molar-refractivity contribution in [1.29, 1.82) is 0 Å². The monoisotopic (exact) mass is 255 g/mol. The molecule has 0 bridgehead atoms. The summed E-state index contributed by atoms with van der Waals surface area (Å²) in [6, 6.07) is 4.41. The van der Waals surface area contributed by atoms with E-state index in [0.29, 0.717) is 12.6 Å². The molecule has 0 amide bonds. The zero-order valence-electron chi connectivity index (χ0n) is 7.99. The Hall–Kier alpha value is -0.610. The predicted molar refractivity (Wildman–Crippen MR) is 61.4 cm³/mol. The molecule has 1 aromatic rings. The molecule has 0 aromatic carbocycles. The first kappa shape index (κ1) is 9.93. The average molecular weight is 256 g/mol. The molecule has 1 saturated heterocycles. The second-order valence-corrected chi connectivity index (χ2v) is 4.39. The molecule has 1 atom stereocenters. The molecule has 1 aliphatic rings. The van der Waals surface area contributed by atoms with E-state index in [1.807, 2.05) is 18.3 Å². The Morgan fingerprint density at radius 1 is 1.64 bits per heavy atom. The Kier molecular flexibility index (Phi) is 3.03. The highest BCUT2D eigenvalue weighted by Crippen LogP contribution is 2.29. The first-order chi connectivity index (χ1) is 6.83. The van der Waals surface area contributed by atoms with Crippen LogP contribution in [0.4, 0.5) is 5.82 Å². The summed E-state index contributed by atoms with van der Waals surface area (Å²) in [6.07, 6.45) is 4.22. The Morgan fingerprint density at radius 3 is 3.21 bits per heavy atom. The van der Waals surface area contributed by atoms with Crippen LogP contribution in [0.3, 0.4) is 0 Å². The molecule has 0 saturated carbocycles. The van der Waals surface area contributed by atoms with Gasteiger partial charge in [0.25, 0.3) is 0 Å². The van der Waals surface area contributed by atoms with Crippen molar-refractivity contribution in [2.75, 3.05) is 18.0 Å². The zero-order valence-corrected chi connectivity index (χ0v) is 9.57. The van der Waals surface area contributed by atoms with Crippen molar-refractivity contribution in [3.8, 4) is 0 Å². The van der Waals surface area contributed by atoms with Gasteiger partial charge < -0.3 is 10.6 Å². The molecule has 2 rings (SSSR count). The van der Waals surface area contributed by atoms with Crippen LogP contribution >= 0.6 is 15.9 Å². The summed E-state index contributed by atoms with van der Waals surface area (Å²) in [7, 11) is 0. The molecule has 0 spiro atoms. The molecule has 3 nitrogen and oxygen atoms in total. The molecule has 2 heterocycles. The summed E-state index contributed by atoms with van der Waals surface area (Å²) in [6.45, 7) is 1.78. The van der Waals surface area contributed by atoms with Crippen LogP contribution in [-0.4, -0.2) is 24.1 Å². The lowest BCUT2D eigenvalue weighted by atomic mass is 10.2. The molecule has 76 valence electrons. The summed E-state index contributed by atoms with van der Waals surface area (Å²) < 4.78 is 1.06. The third kappa shape index (κ3) is 1.77. The zero-order chi connectivity index (χ0) is 9.97. The van der Waals surface area contributed by atoms with Crippen molar-refractivity contribution in [3.05, 3.63) is 22.8 Å². The molecule has 1 aromatic heterocycles. The van der Waals surface area contributed by atoms with Gasteiger partial charge in [0.1, 0.15) is 5.82 Å². The first-order valence-corrected chi connectivity index (χ1v) is 5.69. The van der Waals surface area contributed by atoms with Crippen molar-refractivity contribution in [3.63, 3.8) is 0 Å². The van der Waals surface area contributed by atoms with Crippen LogP contribution in [0.2, 0.25) is 0 Å².